The zero-order chi connectivity index (χ0) is 10.8. The van der Waals surface area contributed by atoms with Gasteiger partial charge in [-0.3, -0.25) is 0 Å². The van der Waals surface area contributed by atoms with Gasteiger partial charge in [-0.1, -0.05) is 52.0 Å². The summed E-state index contributed by atoms with van der Waals surface area (Å²) in [7, 11) is 0. The fourth-order valence-corrected chi connectivity index (χ4v) is 1.42. The van der Waals surface area contributed by atoms with Crippen LogP contribution in [0, 0.1) is 0 Å². The first-order valence-electron chi connectivity index (χ1n) is 5.16. The van der Waals surface area contributed by atoms with Crippen LogP contribution in [0.4, 0.5) is 0 Å². The molecule has 0 bridgehead atoms. The summed E-state index contributed by atoms with van der Waals surface area (Å²) in [6, 6.07) is 8.53. The molecule has 0 heterocycles. The lowest BCUT2D eigenvalue weighted by Gasteiger charge is -2.19. The minimum Gasteiger partial charge on any atom is -0.396 e. The highest BCUT2D eigenvalue weighted by Gasteiger charge is 2.13. The summed E-state index contributed by atoms with van der Waals surface area (Å²) in [5.41, 5.74) is 2.76. The van der Waals surface area contributed by atoms with E-state index in [1.165, 1.54) is 11.1 Å². The van der Waals surface area contributed by atoms with E-state index in [0.717, 1.165) is 0 Å². The predicted octanol–water partition coefficient (Wildman–Crippen LogP) is 3.08. The Morgan fingerprint density at radius 2 is 1.64 bits per heavy atom. The van der Waals surface area contributed by atoms with Crippen molar-refractivity contribution >= 4 is 0 Å². The smallest absolute Gasteiger partial charge is 0.0497 e. The van der Waals surface area contributed by atoms with Gasteiger partial charge in [0.1, 0.15) is 0 Å². The molecule has 0 aromatic heterocycles. The lowest BCUT2D eigenvalue weighted by atomic mass is 9.86. The molecule has 14 heavy (non-hydrogen) atoms. The molecular weight excluding hydrogens is 172 g/mol. The SMILES string of the molecule is CC(CO)c1ccc(C(C)(C)C)cc1. The Hall–Kier alpha value is -0.820. The van der Waals surface area contributed by atoms with Gasteiger partial charge in [0.25, 0.3) is 0 Å². The molecule has 1 rings (SSSR count). The quantitative estimate of drug-likeness (QED) is 0.763. The molecule has 1 N–H and O–H groups in total. The molecule has 0 fully saturated rings. The Bertz CT molecular complexity index is 279. The van der Waals surface area contributed by atoms with E-state index in [4.69, 9.17) is 5.11 Å². The number of aliphatic hydroxyl groups is 1. The first kappa shape index (κ1) is 11.3. The molecule has 1 unspecified atom stereocenters. The Morgan fingerprint density at radius 1 is 1.14 bits per heavy atom. The molecule has 1 nitrogen and oxygen atoms in total. The van der Waals surface area contributed by atoms with Crippen LogP contribution in [0.2, 0.25) is 0 Å². The van der Waals surface area contributed by atoms with E-state index in [9.17, 15) is 0 Å². The second-order valence-corrected chi connectivity index (χ2v) is 4.96. The van der Waals surface area contributed by atoms with E-state index in [1.807, 2.05) is 6.92 Å². The third-order valence-electron chi connectivity index (χ3n) is 2.62. The van der Waals surface area contributed by atoms with Crippen LogP contribution in [0.15, 0.2) is 24.3 Å². The molecule has 1 atom stereocenters. The maximum atomic E-state index is 9.02. The van der Waals surface area contributed by atoms with Crippen molar-refractivity contribution in [3.05, 3.63) is 35.4 Å². The molecular formula is C13H20O. The van der Waals surface area contributed by atoms with Crippen molar-refractivity contribution in [2.75, 3.05) is 6.61 Å². The van der Waals surface area contributed by atoms with Gasteiger partial charge in [-0.15, -0.1) is 0 Å². The van der Waals surface area contributed by atoms with Crippen molar-refractivity contribution in [2.24, 2.45) is 0 Å². The van der Waals surface area contributed by atoms with E-state index in [1.54, 1.807) is 0 Å². The average Bonchev–Trinajstić information content (AvgIpc) is 2.15. The molecule has 0 saturated carbocycles. The number of rotatable bonds is 2. The molecule has 1 aromatic carbocycles. The number of benzene rings is 1. The molecule has 0 saturated heterocycles. The fraction of sp³-hybridized carbons (Fsp3) is 0.538. The molecule has 0 radical (unpaired) electrons. The first-order valence-corrected chi connectivity index (χ1v) is 5.16. The molecule has 78 valence electrons. The Kier molecular flexibility index (Phi) is 3.33. The zero-order valence-corrected chi connectivity index (χ0v) is 9.54. The summed E-state index contributed by atoms with van der Waals surface area (Å²) >= 11 is 0. The summed E-state index contributed by atoms with van der Waals surface area (Å²) in [4.78, 5) is 0. The van der Waals surface area contributed by atoms with Crippen molar-refractivity contribution in [1.29, 1.82) is 0 Å². The van der Waals surface area contributed by atoms with Gasteiger partial charge in [-0.2, -0.15) is 0 Å². The van der Waals surface area contributed by atoms with Crippen LogP contribution in [-0.4, -0.2) is 11.7 Å². The second kappa shape index (κ2) is 4.14. The summed E-state index contributed by atoms with van der Waals surface area (Å²) in [6.45, 7) is 8.87. The highest BCUT2D eigenvalue weighted by Crippen LogP contribution is 2.24. The van der Waals surface area contributed by atoms with Gasteiger partial charge in [0.15, 0.2) is 0 Å². The standard InChI is InChI=1S/C13H20O/c1-10(9-14)11-5-7-12(8-6-11)13(2,3)4/h5-8,10,14H,9H2,1-4H3. The van der Waals surface area contributed by atoms with E-state index < -0.39 is 0 Å². The highest BCUT2D eigenvalue weighted by molar-refractivity contribution is 5.29. The first-order chi connectivity index (χ1) is 6.45. The van der Waals surface area contributed by atoms with Gasteiger partial charge in [0.2, 0.25) is 0 Å². The van der Waals surface area contributed by atoms with Crippen LogP contribution >= 0.6 is 0 Å². The summed E-state index contributed by atoms with van der Waals surface area (Å²) in [5, 5.41) is 9.02. The largest absolute Gasteiger partial charge is 0.396 e. The van der Waals surface area contributed by atoms with Crippen molar-refractivity contribution in [3.8, 4) is 0 Å². The summed E-state index contributed by atoms with van der Waals surface area (Å²) in [6.07, 6.45) is 0. The average molecular weight is 192 g/mol. The molecule has 0 aliphatic carbocycles. The van der Waals surface area contributed by atoms with E-state index in [2.05, 4.69) is 45.0 Å². The van der Waals surface area contributed by atoms with Gasteiger partial charge in [-0.05, 0) is 16.5 Å². The molecule has 0 spiro atoms. The van der Waals surface area contributed by atoms with Crippen LogP contribution in [0.5, 0.6) is 0 Å². The number of aliphatic hydroxyl groups excluding tert-OH is 1. The molecule has 1 aromatic rings. The van der Waals surface area contributed by atoms with Crippen LogP contribution in [0.25, 0.3) is 0 Å². The number of hydrogen-bond donors (Lipinski definition) is 1. The van der Waals surface area contributed by atoms with Crippen LogP contribution < -0.4 is 0 Å². The van der Waals surface area contributed by atoms with E-state index >= 15 is 0 Å². The monoisotopic (exact) mass is 192 g/mol. The van der Waals surface area contributed by atoms with Crippen molar-refractivity contribution in [1.82, 2.24) is 0 Å². The topological polar surface area (TPSA) is 20.2 Å². The van der Waals surface area contributed by atoms with Gasteiger partial charge in [-0.25, -0.2) is 0 Å². The van der Waals surface area contributed by atoms with Gasteiger partial charge < -0.3 is 5.11 Å². The second-order valence-electron chi connectivity index (χ2n) is 4.96. The molecule has 0 amide bonds. The lowest BCUT2D eigenvalue weighted by Crippen LogP contribution is -2.11. The van der Waals surface area contributed by atoms with Crippen LogP contribution in [-0.2, 0) is 5.41 Å². The number of hydrogen-bond acceptors (Lipinski definition) is 1. The maximum absolute atomic E-state index is 9.02. The predicted molar refractivity (Wildman–Crippen MR) is 60.6 cm³/mol. The fourth-order valence-electron chi connectivity index (χ4n) is 1.42. The maximum Gasteiger partial charge on any atom is 0.0497 e. The zero-order valence-electron chi connectivity index (χ0n) is 9.54. The molecule has 0 aliphatic heterocycles. The third kappa shape index (κ3) is 2.58. The minimum atomic E-state index is 0.209. The van der Waals surface area contributed by atoms with Gasteiger partial charge in [0.05, 0.1) is 0 Å². The van der Waals surface area contributed by atoms with Crippen LogP contribution in [0.1, 0.15) is 44.7 Å². The molecule has 1 heteroatoms. The third-order valence-corrected chi connectivity index (χ3v) is 2.62. The van der Waals surface area contributed by atoms with Crippen molar-refractivity contribution in [2.45, 2.75) is 39.0 Å². The summed E-state index contributed by atoms with van der Waals surface area (Å²) in [5.74, 6) is 0.240. The molecule has 0 aliphatic rings. The van der Waals surface area contributed by atoms with E-state index in [0.29, 0.717) is 0 Å². The lowest BCUT2D eigenvalue weighted by molar-refractivity contribution is 0.273. The normalized spacial score (nSPS) is 14.1. The van der Waals surface area contributed by atoms with Crippen LogP contribution in [0.3, 0.4) is 0 Å². The van der Waals surface area contributed by atoms with Gasteiger partial charge in [0, 0.05) is 12.5 Å². The summed E-state index contributed by atoms with van der Waals surface area (Å²) < 4.78 is 0. The van der Waals surface area contributed by atoms with Gasteiger partial charge >= 0.3 is 0 Å². The Balaban J connectivity index is 2.89. The minimum absolute atomic E-state index is 0.209. The van der Waals surface area contributed by atoms with Crippen molar-refractivity contribution in [3.63, 3.8) is 0 Å². The Morgan fingerprint density at radius 3 is 2.00 bits per heavy atom. The Labute approximate surface area is 86.8 Å². The van der Waals surface area contributed by atoms with Crippen molar-refractivity contribution < 1.29 is 5.11 Å². The van der Waals surface area contributed by atoms with E-state index in [-0.39, 0.29) is 17.9 Å². The highest BCUT2D eigenvalue weighted by atomic mass is 16.3.